The van der Waals surface area contributed by atoms with E-state index in [0.717, 1.165) is 49.3 Å². The molecule has 32 heavy (non-hydrogen) atoms. The van der Waals surface area contributed by atoms with Crippen LogP contribution in [-0.2, 0) is 4.79 Å². The van der Waals surface area contributed by atoms with Crippen LogP contribution in [0.1, 0.15) is 48.0 Å². The van der Waals surface area contributed by atoms with Crippen molar-refractivity contribution in [2.24, 2.45) is 11.8 Å². The first-order valence-corrected chi connectivity index (χ1v) is 11.4. The number of ether oxygens (including phenoxy) is 1. The number of hydrogen-bond acceptors (Lipinski definition) is 3. The molecule has 5 rings (SSSR count). The van der Waals surface area contributed by atoms with Gasteiger partial charge in [0.2, 0.25) is 5.91 Å². The Balaban J connectivity index is 1.21. The first-order valence-electron chi connectivity index (χ1n) is 11.4. The number of amides is 2. The lowest BCUT2D eigenvalue weighted by atomic mass is 9.89. The molecule has 2 heterocycles. The van der Waals surface area contributed by atoms with Crippen molar-refractivity contribution in [3.8, 4) is 5.75 Å². The van der Waals surface area contributed by atoms with Crippen LogP contribution < -0.4 is 10.1 Å². The molecule has 2 unspecified atom stereocenters. The summed E-state index contributed by atoms with van der Waals surface area (Å²) in [5.41, 5.74) is 3.83. The Kier molecular flexibility index (Phi) is 5.37. The zero-order chi connectivity index (χ0) is 22.2. The lowest BCUT2D eigenvalue weighted by Crippen LogP contribution is -2.37. The summed E-state index contributed by atoms with van der Waals surface area (Å²) in [4.78, 5) is 30.4. The summed E-state index contributed by atoms with van der Waals surface area (Å²) in [6.07, 6.45) is 4.93. The summed E-state index contributed by atoms with van der Waals surface area (Å²) >= 11 is 0. The van der Waals surface area contributed by atoms with Gasteiger partial charge in [0.05, 0.1) is 7.11 Å². The number of H-pyrrole nitrogens is 1. The maximum Gasteiger partial charge on any atom is 0.253 e. The normalized spacial score (nSPS) is 20.9. The Labute approximate surface area is 187 Å². The number of methoxy groups -OCH3 is 1. The number of nitrogens with one attached hydrogen (secondary N) is 2. The maximum atomic E-state index is 13.0. The summed E-state index contributed by atoms with van der Waals surface area (Å²) < 4.78 is 5.39. The van der Waals surface area contributed by atoms with Gasteiger partial charge in [0.25, 0.3) is 5.91 Å². The van der Waals surface area contributed by atoms with Crippen LogP contribution in [0.4, 0.5) is 5.69 Å². The number of fused-ring (bicyclic) bond motifs is 1. The number of benzene rings is 2. The summed E-state index contributed by atoms with van der Waals surface area (Å²) in [5, 5.41) is 4.15. The monoisotopic (exact) mass is 431 g/mol. The van der Waals surface area contributed by atoms with Crippen LogP contribution in [0.2, 0.25) is 0 Å². The molecule has 2 fully saturated rings. The molecule has 2 aromatic carbocycles. The van der Waals surface area contributed by atoms with Crippen molar-refractivity contribution in [3.63, 3.8) is 0 Å². The molecule has 6 nitrogen and oxygen atoms in total. The van der Waals surface area contributed by atoms with Gasteiger partial charge in [0, 0.05) is 47.4 Å². The zero-order valence-corrected chi connectivity index (χ0v) is 18.6. The van der Waals surface area contributed by atoms with E-state index in [2.05, 4.69) is 29.5 Å². The third kappa shape index (κ3) is 3.97. The second kappa shape index (κ2) is 8.34. The number of carbonyl (C=O) groups excluding carboxylic acids is 2. The fourth-order valence-corrected chi connectivity index (χ4v) is 4.78. The van der Waals surface area contributed by atoms with Crippen LogP contribution in [0.15, 0.2) is 48.7 Å². The molecule has 1 aliphatic carbocycles. The highest BCUT2D eigenvalue weighted by molar-refractivity contribution is 5.97. The molecule has 0 bridgehead atoms. The van der Waals surface area contributed by atoms with Gasteiger partial charge < -0.3 is 19.9 Å². The molecular formula is C26H29N3O3. The average Bonchev–Trinajstić information content (AvgIpc) is 3.42. The molecule has 2 amide bonds. The van der Waals surface area contributed by atoms with Gasteiger partial charge in [-0.05, 0) is 79.1 Å². The molecule has 1 aliphatic heterocycles. The summed E-state index contributed by atoms with van der Waals surface area (Å²) in [6.45, 7) is 3.56. The minimum atomic E-state index is 0.0535. The lowest BCUT2D eigenvalue weighted by Gasteiger charge is -2.32. The molecule has 2 aliphatic rings. The van der Waals surface area contributed by atoms with Gasteiger partial charge in [-0.2, -0.15) is 0 Å². The fourth-order valence-electron chi connectivity index (χ4n) is 4.78. The molecule has 1 saturated heterocycles. The lowest BCUT2D eigenvalue weighted by molar-refractivity contribution is -0.117. The van der Waals surface area contributed by atoms with E-state index in [-0.39, 0.29) is 17.7 Å². The van der Waals surface area contributed by atoms with Crippen LogP contribution in [0, 0.1) is 11.8 Å². The van der Waals surface area contributed by atoms with E-state index in [1.807, 2.05) is 41.3 Å². The number of piperidine rings is 1. The molecule has 0 radical (unpaired) electrons. The predicted molar refractivity (Wildman–Crippen MR) is 125 cm³/mol. The van der Waals surface area contributed by atoms with Gasteiger partial charge in [-0.25, -0.2) is 0 Å². The minimum Gasteiger partial charge on any atom is -0.497 e. The van der Waals surface area contributed by atoms with Crippen LogP contribution in [0.3, 0.4) is 0 Å². The second-order valence-electron chi connectivity index (χ2n) is 9.11. The van der Waals surface area contributed by atoms with Gasteiger partial charge in [0.15, 0.2) is 0 Å². The molecule has 1 aromatic heterocycles. The van der Waals surface area contributed by atoms with E-state index in [1.54, 1.807) is 7.11 Å². The summed E-state index contributed by atoms with van der Waals surface area (Å²) in [7, 11) is 1.69. The Morgan fingerprint density at radius 2 is 1.81 bits per heavy atom. The number of aromatic nitrogens is 1. The van der Waals surface area contributed by atoms with Crippen molar-refractivity contribution >= 4 is 28.4 Å². The highest BCUT2D eigenvalue weighted by Gasteiger charge is 2.39. The number of aromatic amines is 1. The highest BCUT2D eigenvalue weighted by Crippen LogP contribution is 2.38. The third-order valence-electron chi connectivity index (χ3n) is 6.99. The molecule has 3 aromatic rings. The van der Waals surface area contributed by atoms with Crippen molar-refractivity contribution < 1.29 is 14.3 Å². The average molecular weight is 432 g/mol. The SMILES string of the molecule is COc1ccc2[nH]cc(C3CCN(C(=O)c4ccc(NC(=O)C5CC5C)cc4)CC3)c2c1. The fraction of sp³-hybridized carbons (Fsp3) is 0.385. The first-order chi connectivity index (χ1) is 15.5. The Morgan fingerprint density at radius 1 is 1.09 bits per heavy atom. The number of carbonyl (C=O) groups is 2. The molecule has 6 heteroatoms. The Bertz CT molecular complexity index is 1140. The molecule has 0 spiro atoms. The van der Waals surface area contributed by atoms with Crippen molar-refractivity contribution in [1.29, 1.82) is 0 Å². The Morgan fingerprint density at radius 3 is 2.47 bits per heavy atom. The topological polar surface area (TPSA) is 74.4 Å². The van der Waals surface area contributed by atoms with Crippen LogP contribution in [-0.4, -0.2) is 41.9 Å². The number of nitrogens with zero attached hydrogens (tertiary/aromatic N) is 1. The van der Waals surface area contributed by atoms with Gasteiger partial charge in [-0.1, -0.05) is 6.92 Å². The van der Waals surface area contributed by atoms with E-state index in [0.29, 0.717) is 17.4 Å². The molecular weight excluding hydrogens is 402 g/mol. The zero-order valence-electron chi connectivity index (χ0n) is 18.6. The largest absolute Gasteiger partial charge is 0.497 e. The maximum absolute atomic E-state index is 13.0. The quantitative estimate of drug-likeness (QED) is 0.610. The van der Waals surface area contributed by atoms with Gasteiger partial charge >= 0.3 is 0 Å². The van der Waals surface area contributed by atoms with Crippen LogP contribution in [0.5, 0.6) is 5.75 Å². The standard InChI is InChI=1S/C26H29N3O3/c1-16-13-21(16)25(30)28-19-5-3-18(4-6-19)26(31)29-11-9-17(10-12-29)23-15-27-24-8-7-20(32-2)14-22(23)24/h3-8,14-17,21,27H,9-13H2,1-2H3,(H,28,30). The Hall–Kier alpha value is -3.28. The summed E-state index contributed by atoms with van der Waals surface area (Å²) in [5.74, 6) is 2.02. The number of anilines is 1. The van der Waals surface area contributed by atoms with Crippen molar-refractivity contribution in [2.45, 2.75) is 32.1 Å². The van der Waals surface area contributed by atoms with Crippen LogP contribution in [0.25, 0.3) is 10.9 Å². The van der Waals surface area contributed by atoms with Gasteiger partial charge in [0.1, 0.15) is 5.75 Å². The minimum absolute atomic E-state index is 0.0535. The number of likely N-dealkylation sites (tertiary alicyclic amines) is 1. The van der Waals surface area contributed by atoms with E-state index in [1.165, 1.54) is 10.9 Å². The van der Waals surface area contributed by atoms with E-state index in [9.17, 15) is 9.59 Å². The summed E-state index contributed by atoms with van der Waals surface area (Å²) in [6, 6.07) is 13.4. The predicted octanol–water partition coefficient (Wildman–Crippen LogP) is 4.79. The highest BCUT2D eigenvalue weighted by atomic mass is 16.5. The van der Waals surface area contributed by atoms with Gasteiger partial charge in [-0.15, -0.1) is 0 Å². The van der Waals surface area contributed by atoms with Crippen molar-refractivity contribution in [1.82, 2.24) is 9.88 Å². The molecule has 166 valence electrons. The van der Waals surface area contributed by atoms with Crippen molar-refractivity contribution in [3.05, 3.63) is 59.8 Å². The second-order valence-corrected chi connectivity index (χ2v) is 9.11. The molecule has 2 N–H and O–H groups in total. The van der Waals surface area contributed by atoms with E-state index >= 15 is 0 Å². The van der Waals surface area contributed by atoms with Crippen LogP contribution >= 0.6 is 0 Å². The molecule has 2 atom stereocenters. The van der Waals surface area contributed by atoms with Crippen molar-refractivity contribution in [2.75, 3.05) is 25.5 Å². The van der Waals surface area contributed by atoms with Gasteiger partial charge in [-0.3, -0.25) is 9.59 Å². The first kappa shape index (κ1) is 20.6. The third-order valence-corrected chi connectivity index (χ3v) is 6.99. The smallest absolute Gasteiger partial charge is 0.253 e. The number of rotatable bonds is 5. The van der Waals surface area contributed by atoms with E-state index in [4.69, 9.17) is 4.74 Å². The van der Waals surface area contributed by atoms with E-state index < -0.39 is 0 Å². The molecule has 1 saturated carbocycles. The number of hydrogen-bond donors (Lipinski definition) is 2.